The maximum absolute atomic E-state index is 14.1. The average Bonchev–Trinajstić information content (AvgIpc) is 3.19. The molecule has 204 valence electrons. The van der Waals surface area contributed by atoms with Crippen LogP contribution in [0, 0.1) is 0 Å². The predicted octanol–water partition coefficient (Wildman–Crippen LogP) is 7.14. The molecule has 2 N–H and O–H groups in total. The Morgan fingerprint density at radius 3 is 2.34 bits per heavy atom. The summed E-state index contributed by atoms with van der Waals surface area (Å²) in [7, 11) is 2.79. The molecule has 1 aromatic heterocycles. The number of ether oxygens (including phenoxy) is 2. The molecule has 0 saturated carbocycles. The van der Waals surface area contributed by atoms with Gasteiger partial charge in [-0.05, 0) is 35.9 Å². The van der Waals surface area contributed by atoms with Crippen molar-refractivity contribution in [1.29, 1.82) is 0 Å². The summed E-state index contributed by atoms with van der Waals surface area (Å²) in [5.74, 6) is -0.780. The Bertz CT molecular complexity index is 1380. The van der Waals surface area contributed by atoms with Gasteiger partial charge >= 0.3 is 12.4 Å². The molecule has 1 amide bonds. The first-order valence-corrected chi connectivity index (χ1v) is 11.5. The number of methoxy groups -OCH3 is 2. The van der Waals surface area contributed by atoms with Crippen molar-refractivity contribution < 1.29 is 40.6 Å². The molecule has 2 atom stereocenters. The Kier molecular flexibility index (Phi) is 7.36. The molecular formula is C23H18Cl2F6N4O3. The SMILES string of the molecule is COc1ccc([C@@H]2C[C@H](C(F)(F)F)n3nc(C(=O)Nc4cc(C(F)(F)F)ccc4Cl)c(Cl)c3N2)cc1OC. The van der Waals surface area contributed by atoms with E-state index in [0.29, 0.717) is 33.9 Å². The van der Waals surface area contributed by atoms with Crippen LogP contribution in [0.4, 0.5) is 37.8 Å². The maximum Gasteiger partial charge on any atom is 0.416 e. The van der Waals surface area contributed by atoms with Crippen LogP contribution in [0.2, 0.25) is 10.0 Å². The zero-order valence-corrected chi connectivity index (χ0v) is 21.0. The van der Waals surface area contributed by atoms with Crippen LogP contribution in [0.15, 0.2) is 36.4 Å². The maximum atomic E-state index is 14.1. The summed E-state index contributed by atoms with van der Waals surface area (Å²) in [4.78, 5) is 12.9. The Balaban J connectivity index is 1.71. The second-order valence-electron chi connectivity index (χ2n) is 8.21. The fourth-order valence-corrected chi connectivity index (χ4v) is 4.43. The number of amides is 1. The number of fused-ring (bicyclic) bond motifs is 1. The minimum atomic E-state index is -4.78. The van der Waals surface area contributed by atoms with E-state index in [1.165, 1.54) is 26.4 Å². The number of carbonyl (C=O) groups excluding carboxylic acids is 1. The first-order valence-electron chi connectivity index (χ1n) is 10.8. The topological polar surface area (TPSA) is 77.4 Å². The third-order valence-electron chi connectivity index (χ3n) is 5.86. The van der Waals surface area contributed by atoms with Gasteiger partial charge in [0.25, 0.3) is 5.91 Å². The fraction of sp³-hybridized carbons (Fsp3) is 0.304. The molecule has 0 bridgehead atoms. The van der Waals surface area contributed by atoms with E-state index in [4.69, 9.17) is 32.7 Å². The van der Waals surface area contributed by atoms with Gasteiger partial charge in [0, 0.05) is 6.42 Å². The van der Waals surface area contributed by atoms with E-state index < -0.39 is 58.7 Å². The molecule has 1 aliphatic heterocycles. The summed E-state index contributed by atoms with van der Waals surface area (Å²) in [6.07, 6.45) is -10.0. The lowest BCUT2D eigenvalue weighted by Crippen LogP contribution is -2.35. The Morgan fingerprint density at radius 2 is 1.74 bits per heavy atom. The molecule has 4 rings (SSSR count). The van der Waals surface area contributed by atoms with Gasteiger partial charge in [0.05, 0.1) is 36.5 Å². The molecule has 0 fully saturated rings. The van der Waals surface area contributed by atoms with Crippen molar-refractivity contribution in [1.82, 2.24) is 9.78 Å². The van der Waals surface area contributed by atoms with Crippen LogP contribution in [0.1, 0.15) is 40.1 Å². The van der Waals surface area contributed by atoms with Crippen LogP contribution in [0.25, 0.3) is 0 Å². The number of aromatic nitrogens is 2. The average molecular weight is 583 g/mol. The molecule has 7 nitrogen and oxygen atoms in total. The molecule has 0 unspecified atom stereocenters. The smallest absolute Gasteiger partial charge is 0.416 e. The van der Waals surface area contributed by atoms with Crippen LogP contribution in [0.5, 0.6) is 11.5 Å². The largest absolute Gasteiger partial charge is 0.493 e. The van der Waals surface area contributed by atoms with Crippen LogP contribution in [0.3, 0.4) is 0 Å². The molecule has 0 saturated heterocycles. The molecule has 2 aromatic carbocycles. The zero-order chi connectivity index (χ0) is 28.0. The number of rotatable bonds is 5. The van der Waals surface area contributed by atoms with Crippen LogP contribution in [-0.4, -0.2) is 36.1 Å². The van der Waals surface area contributed by atoms with Crippen LogP contribution in [-0.2, 0) is 6.18 Å². The second kappa shape index (κ2) is 10.1. The summed E-state index contributed by atoms with van der Waals surface area (Å²) in [6.45, 7) is 0. The van der Waals surface area contributed by atoms with Crippen LogP contribution >= 0.6 is 23.2 Å². The van der Waals surface area contributed by atoms with E-state index in [9.17, 15) is 31.1 Å². The molecule has 0 spiro atoms. The van der Waals surface area contributed by atoms with Gasteiger partial charge in [-0.15, -0.1) is 0 Å². The van der Waals surface area contributed by atoms with E-state index in [-0.39, 0.29) is 10.8 Å². The minimum Gasteiger partial charge on any atom is -0.493 e. The van der Waals surface area contributed by atoms with Gasteiger partial charge in [0.15, 0.2) is 23.2 Å². The van der Waals surface area contributed by atoms with E-state index >= 15 is 0 Å². The standard InChI is InChI=1S/C23H18Cl2F6N4O3/c1-37-15-6-3-10(7-16(15)38-2)13-9-17(23(29,30)31)35-20(32-13)18(25)19(34-35)21(36)33-14-8-11(22(26,27)28)4-5-12(14)24/h3-8,13,17,32H,9H2,1-2H3,(H,33,36)/t13-,17+/m0/s1. The van der Waals surface area contributed by atoms with Gasteiger partial charge in [-0.2, -0.15) is 31.4 Å². The fourth-order valence-electron chi connectivity index (χ4n) is 4.00. The molecule has 2 heterocycles. The molecule has 38 heavy (non-hydrogen) atoms. The Hall–Kier alpha value is -3.32. The second-order valence-corrected chi connectivity index (χ2v) is 8.99. The van der Waals surface area contributed by atoms with E-state index in [2.05, 4.69) is 15.7 Å². The number of hydrogen-bond donors (Lipinski definition) is 2. The lowest BCUT2D eigenvalue weighted by molar-refractivity contribution is -0.173. The lowest BCUT2D eigenvalue weighted by Gasteiger charge is -2.33. The predicted molar refractivity (Wildman–Crippen MR) is 127 cm³/mol. The highest BCUT2D eigenvalue weighted by atomic mass is 35.5. The number of hydrogen-bond acceptors (Lipinski definition) is 5. The van der Waals surface area contributed by atoms with Gasteiger partial charge < -0.3 is 20.1 Å². The first-order chi connectivity index (χ1) is 17.7. The monoisotopic (exact) mass is 582 g/mol. The van der Waals surface area contributed by atoms with Crippen molar-refractivity contribution in [3.63, 3.8) is 0 Å². The zero-order valence-electron chi connectivity index (χ0n) is 19.5. The van der Waals surface area contributed by atoms with Crippen LogP contribution < -0.4 is 20.1 Å². The highest BCUT2D eigenvalue weighted by Crippen LogP contribution is 2.47. The molecule has 1 aliphatic rings. The van der Waals surface area contributed by atoms with Crippen molar-refractivity contribution in [2.24, 2.45) is 0 Å². The summed E-state index contributed by atoms with van der Waals surface area (Å²) in [6, 6.07) is 3.73. The van der Waals surface area contributed by atoms with Crippen molar-refractivity contribution in [2.75, 3.05) is 24.9 Å². The number of anilines is 2. The minimum absolute atomic E-state index is 0.230. The number of nitrogens with zero attached hydrogens (tertiary/aromatic N) is 2. The van der Waals surface area contributed by atoms with Crippen molar-refractivity contribution >= 4 is 40.6 Å². The summed E-state index contributed by atoms with van der Waals surface area (Å²) in [5, 5.41) is 8.09. The van der Waals surface area contributed by atoms with E-state index in [0.717, 1.165) is 6.07 Å². The number of nitrogens with one attached hydrogen (secondary N) is 2. The van der Waals surface area contributed by atoms with Gasteiger partial charge in [-0.3, -0.25) is 4.79 Å². The van der Waals surface area contributed by atoms with Crippen molar-refractivity contribution in [2.45, 2.75) is 30.9 Å². The summed E-state index contributed by atoms with van der Waals surface area (Å²) < 4.78 is 92.4. The van der Waals surface area contributed by atoms with Crippen molar-refractivity contribution in [3.05, 3.63) is 63.3 Å². The summed E-state index contributed by atoms with van der Waals surface area (Å²) >= 11 is 12.2. The molecule has 3 aromatic rings. The van der Waals surface area contributed by atoms with Gasteiger partial charge in [-0.25, -0.2) is 4.68 Å². The Labute approximate surface area is 221 Å². The Morgan fingerprint density at radius 1 is 1.05 bits per heavy atom. The molecular weight excluding hydrogens is 565 g/mol. The highest BCUT2D eigenvalue weighted by molar-refractivity contribution is 6.37. The van der Waals surface area contributed by atoms with Gasteiger partial charge in [0.2, 0.25) is 0 Å². The quantitative estimate of drug-likeness (QED) is 0.313. The number of benzene rings is 2. The molecule has 0 radical (unpaired) electrons. The normalized spacial score (nSPS) is 17.4. The molecule has 15 heteroatoms. The van der Waals surface area contributed by atoms with Crippen molar-refractivity contribution in [3.8, 4) is 11.5 Å². The lowest BCUT2D eigenvalue weighted by atomic mass is 9.96. The first kappa shape index (κ1) is 27.7. The van der Waals surface area contributed by atoms with E-state index in [1.807, 2.05) is 0 Å². The number of halogens is 8. The third kappa shape index (κ3) is 5.30. The van der Waals surface area contributed by atoms with E-state index in [1.54, 1.807) is 6.07 Å². The third-order valence-corrected chi connectivity index (χ3v) is 6.55. The van der Waals surface area contributed by atoms with Gasteiger partial charge in [0.1, 0.15) is 10.8 Å². The summed E-state index contributed by atoms with van der Waals surface area (Å²) in [5.41, 5.74) is -1.73. The number of alkyl halides is 6. The number of carbonyl (C=O) groups is 1. The molecule has 0 aliphatic carbocycles. The van der Waals surface area contributed by atoms with Gasteiger partial charge in [-0.1, -0.05) is 29.3 Å². The highest BCUT2D eigenvalue weighted by Gasteiger charge is 2.48.